The molecule has 1 atom stereocenters. The zero-order chi connectivity index (χ0) is 23.0. The van der Waals surface area contributed by atoms with E-state index in [4.69, 9.17) is 16.3 Å². The molecule has 2 aromatic heterocycles. The number of pyridine rings is 1. The summed E-state index contributed by atoms with van der Waals surface area (Å²) in [5, 5.41) is 2.39. The van der Waals surface area contributed by atoms with E-state index in [-0.39, 0.29) is 34.5 Å². The van der Waals surface area contributed by atoms with E-state index < -0.39 is 41.1 Å². The summed E-state index contributed by atoms with van der Waals surface area (Å²) < 4.78 is 46.0. The van der Waals surface area contributed by atoms with E-state index in [2.05, 4.69) is 20.3 Å². The molecule has 12 heteroatoms. The first-order valence-electron chi connectivity index (χ1n) is 9.08. The van der Waals surface area contributed by atoms with Gasteiger partial charge in [0.2, 0.25) is 5.82 Å². The molecular formula is C20H13ClF3N5O3. The van der Waals surface area contributed by atoms with Crippen LogP contribution in [0.25, 0.3) is 11.3 Å². The van der Waals surface area contributed by atoms with Crippen molar-refractivity contribution in [2.75, 3.05) is 18.6 Å². The lowest BCUT2D eigenvalue weighted by Gasteiger charge is -2.19. The van der Waals surface area contributed by atoms with Gasteiger partial charge in [-0.15, -0.1) is 0 Å². The number of amides is 2. The standard InChI is InChI=1S/C20H13ClF3N5O3/c1-29-18-15(5-12(24)6-26-18)32-8-14(20(29)31)27-19(30)17-25-7-13(21)16(28-17)9-2-10(22)4-11(23)3-9/h2-7,14H,8H2,1H3,(H,27,30). The van der Waals surface area contributed by atoms with Crippen LogP contribution in [0.4, 0.5) is 19.0 Å². The van der Waals surface area contributed by atoms with Gasteiger partial charge in [-0.2, -0.15) is 0 Å². The molecule has 164 valence electrons. The van der Waals surface area contributed by atoms with E-state index in [9.17, 15) is 22.8 Å². The molecule has 0 radical (unpaired) electrons. The number of rotatable bonds is 3. The van der Waals surface area contributed by atoms with Gasteiger partial charge in [0.25, 0.3) is 11.8 Å². The lowest BCUT2D eigenvalue weighted by atomic mass is 10.1. The topological polar surface area (TPSA) is 97.3 Å². The van der Waals surface area contributed by atoms with Crippen LogP contribution in [0.5, 0.6) is 5.75 Å². The Bertz CT molecular complexity index is 1220. The zero-order valence-corrected chi connectivity index (χ0v) is 17.0. The number of hydrogen-bond donors (Lipinski definition) is 1. The molecule has 0 aliphatic carbocycles. The number of nitrogens with one attached hydrogen (secondary N) is 1. The van der Waals surface area contributed by atoms with Gasteiger partial charge in [0.1, 0.15) is 30.1 Å². The molecule has 0 fully saturated rings. The normalized spacial score (nSPS) is 15.6. The lowest BCUT2D eigenvalue weighted by Crippen LogP contribution is -2.49. The maximum Gasteiger partial charge on any atom is 0.289 e. The highest BCUT2D eigenvalue weighted by molar-refractivity contribution is 6.33. The third-order valence-electron chi connectivity index (χ3n) is 4.54. The smallest absolute Gasteiger partial charge is 0.289 e. The summed E-state index contributed by atoms with van der Waals surface area (Å²) >= 11 is 6.04. The fourth-order valence-corrected chi connectivity index (χ4v) is 3.25. The molecule has 3 heterocycles. The number of fused-ring (bicyclic) bond motifs is 1. The number of hydrogen-bond acceptors (Lipinski definition) is 6. The molecule has 32 heavy (non-hydrogen) atoms. The van der Waals surface area contributed by atoms with Crippen molar-refractivity contribution in [3.63, 3.8) is 0 Å². The average molecular weight is 464 g/mol. The number of aromatic nitrogens is 3. The van der Waals surface area contributed by atoms with Crippen LogP contribution < -0.4 is 15.0 Å². The Balaban J connectivity index is 1.59. The first kappa shape index (κ1) is 21.5. The van der Waals surface area contributed by atoms with Gasteiger partial charge in [-0.3, -0.25) is 14.5 Å². The molecule has 0 saturated carbocycles. The van der Waals surface area contributed by atoms with Crippen molar-refractivity contribution < 1.29 is 27.5 Å². The predicted molar refractivity (Wildman–Crippen MR) is 107 cm³/mol. The summed E-state index contributed by atoms with van der Waals surface area (Å²) in [6.07, 6.45) is 2.03. The van der Waals surface area contributed by atoms with Crippen LogP contribution in [0.15, 0.2) is 36.7 Å². The van der Waals surface area contributed by atoms with E-state index in [0.717, 1.165) is 35.5 Å². The van der Waals surface area contributed by atoms with Gasteiger partial charge >= 0.3 is 0 Å². The number of carbonyl (C=O) groups excluding carboxylic acids is 2. The van der Waals surface area contributed by atoms with Crippen molar-refractivity contribution in [2.24, 2.45) is 0 Å². The van der Waals surface area contributed by atoms with E-state index in [1.54, 1.807) is 0 Å². The zero-order valence-electron chi connectivity index (χ0n) is 16.3. The van der Waals surface area contributed by atoms with Gasteiger partial charge in [-0.1, -0.05) is 11.6 Å². The van der Waals surface area contributed by atoms with Crippen LogP contribution in [-0.4, -0.2) is 46.5 Å². The van der Waals surface area contributed by atoms with Crippen LogP contribution in [0.2, 0.25) is 5.02 Å². The minimum absolute atomic E-state index is 0.00103. The molecule has 1 N–H and O–H groups in total. The molecule has 0 spiro atoms. The Morgan fingerprint density at radius 3 is 2.56 bits per heavy atom. The molecule has 1 aliphatic rings. The molecule has 4 rings (SSSR count). The molecule has 1 unspecified atom stereocenters. The van der Waals surface area contributed by atoms with E-state index in [1.807, 2.05) is 0 Å². The minimum Gasteiger partial charge on any atom is -0.487 e. The van der Waals surface area contributed by atoms with Crippen molar-refractivity contribution in [2.45, 2.75) is 6.04 Å². The Morgan fingerprint density at radius 1 is 1.12 bits per heavy atom. The minimum atomic E-state index is -1.17. The van der Waals surface area contributed by atoms with E-state index in [0.29, 0.717) is 6.07 Å². The monoisotopic (exact) mass is 463 g/mol. The highest BCUT2D eigenvalue weighted by Gasteiger charge is 2.32. The van der Waals surface area contributed by atoms with Crippen molar-refractivity contribution in [3.8, 4) is 17.0 Å². The van der Waals surface area contributed by atoms with Gasteiger partial charge in [0.05, 0.1) is 23.1 Å². The Hall–Kier alpha value is -3.73. The summed E-state index contributed by atoms with van der Waals surface area (Å²) in [6.45, 7) is -0.303. The molecule has 0 saturated heterocycles. The van der Waals surface area contributed by atoms with Crippen molar-refractivity contribution in [1.29, 1.82) is 0 Å². The van der Waals surface area contributed by atoms with Gasteiger partial charge in [0, 0.05) is 24.7 Å². The largest absolute Gasteiger partial charge is 0.487 e. The number of halogens is 4. The van der Waals surface area contributed by atoms with E-state index >= 15 is 0 Å². The Morgan fingerprint density at radius 2 is 1.84 bits per heavy atom. The lowest BCUT2D eigenvalue weighted by molar-refractivity contribution is -0.120. The summed E-state index contributed by atoms with van der Waals surface area (Å²) in [6, 6.07) is 2.58. The quantitative estimate of drug-likeness (QED) is 0.641. The van der Waals surface area contributed by atoms with Gasteiger partial charge in [-0.05, 0) is 12.1 Å². The second-order valence-electron chi connectivity index (χ2n) is 6.76. The second kappa shape index (κ2) is 8.42. The van der Waals surface area contributed by atoms with Crippen LogP contribution >= 0.6 is 11.6 Å². The van der Waals surface area contributed by atoms with Crippen molar-refractivity contribution >= 4 is 29.2 Å². The maximum atomic E-state index is 13.6. The maximum absolute atomic E-state index is 13.6. The molecule has 0 bridgehead atoms. The highest BCUT2D eigenvalue weighted by atomic mass is 35.5. The fraction of sp³-hybridized carbons (Fsp3) is 0.150. The predicted octanol–water partition coefficient (Wildman–Crippen LogP) is 2.76. The first-order chi connectivity index (χ1) is 15.2. The van der Waals surface area contributed by atoms with Gasteiger partial charge < -0.3 is 10.1 Å². The summed E-state index contributed by atoms with van der Waals surface area (Å²) in [7, 11) is 1.40. The first-order valence-corrected chi connectivity index (χ1v) is 9.46. The SMILES string of the molecule is CN1C(=O)C(NC(=O)c2ncc(Cl)c(-c3cc(F)cc(F)c3)n2)COc2cc(F)cnc21. The molecule has 3 aromatic rings. The number of anilines is 1. The number of nitrogens with zero attached hydrogens (tertiary/aromatic N) is 4. The van der Waals surface area contributed by atoms with Gasteiger partial charge in [0.15, 0.2) is 11.6 Å². The van der Waals surface area contributed by atoms with E-state index in [1.165, 1.54) is 7.05 Å². The van der Waals surface area contributed by atoms with Crippen molar-refractivity contribution in [1.82, 2.24) is 20.3 Å². The van der Waals surface area contributed by atoms with Crippen LogP contribution in [0, 0.1) is 17.5 Å². The van der Waals surface area contributed by atoms with Crippen molar-refractivity contribution in [3.05, 3.63) is 65.0 Å². The number of likely N-dealkylation sites (N-methyl/N-ethyl adjacent to an activating group) is 1. The number of carbonyl (C=O) groups is 2. The fourth-order valence-electron chi connectivity index (χ4n) is 3.05. The summed E-state index contributed by atoms with van der Waals surface area (Å²) in [4.78, 5) is 38.2. The summed E-state index contributed by atoms with van der Waals surface area (Å²) in [5.74, 6) is -4.05. The highest BCUT2D eigenvalue weighted by Crippen LogP contribution is 2.29. The second-order valence-corrected chi connectivity index (χ2v) is 7.17. The van der Waals surface area contributed by atoms with Gasteiger partial charge in [-0.25, -0.2) is 28.1 Å². The molecule has 2 amide bonds. The number of ether oxygens (including phenoxy) is 1. The molecular weight excluding hydrogens is 451 g/mol. The molecule has 1 aliphatic heterocycles. The number of benzene rings is 1. The van der Waals surface area contributed by atoms with Crippen LogP contribution in [0.1, 0.15) is 10.6 Å². The third kappa shape index (κ3) is 4.19. The summed E-state index contributed by atoms with van der Waals surface area (Å²) in [5.41, 5.74) is -0.0704. The average Bonchev–Trinajstić information content (AvgIpc) is 2.85. The third-order valence-corrected chi connectivity index (χ3v) is 4.82. The molecule has 8 nitrogen and oxygen atoms in total. The Kier molecular flexibility index (Phi) is 5.66. The Labute approximate surface area is 184 Å². The van der Waals surface area contributed by atoms with Crippen LogP contribution in [0.3, 0.4) is 0 Å². The van der Waals surface area contributed by atoms with Crippen LogP contribution in [-0.2, 0) is 4.79 Å². The molecule has 1 aromatic carbocycles.